The molecule has 0 saturated heterocycles. The van der Waals surface area contributed by atoms with Gasteiger partial charge in [-0.3, -0.25) is 0 Å². The van der Waals surface area contributed by atoms with Crippen LogP contribution in [0.2, 0.25) is 0 Å². The first-order chi connectivity index (χ1) is 8.61. The van der Waals surface area contributed by atoms with Gasteiger partial charge < -0.3 is 15.2 Å². The number of hydrogen-bond acceptors (Lipinski definition) is 6. The van der Waals surface area contributed by atoms with E-state index in [0.29, 0.717) is 5.82 Å². The van der Waals surface area contributed by atoms with Crippen LogP contribution in [0.3, 0.4) is 0 Å². The van der Waals surface area contributed by atoms with E-state index < -0.39 is 0 Å². The largest absolute Gasteiger partial charge is 0.464 e. The molecule has 1 atom stereocenters. The zero-order chi connectivity index (χ0) is 13.1. The molecule has 0 radical (unpaired) electrons. The molecule has 0 aromatic carbocycles. The van der Waals surface area contributed by atoms with Crippen molar-refractivity contribution in [3.63, 3.8) is 0 Å². The normalized spacial score (nSPS) is 12.2. The van der Waals surface area contributed by atoms with Crippen LogP contribution in [0.4, 0.5) is 11.6 Å². The highest BCUT2D eigenvalue weighted by Crippen LogP contribution is 2.23. The number of rotatable bonds is 4. The summed E-state index contributed by atoms with van der Waals surface area (Å²) in [6.07, 6.45) is 1.46. The Morgan fingerprint density at radius 3 is 2.56 bits per heavy atom. The van der Waals surface area contributed by atoms with Crippen LogP contribution in [0.5, 0.6) is 0 Å². The van der Waals surface area contributed by atoms with Crippen LogP contribution in [-0.4, -0.2) is 9.97 Å². The summed E-state index contributed by atoms with van der Waals surface area (Å²) < 4.78 is 5.57. The molecule has 0 fully saturated rings. The second-order valence-electron chi connectivity index (χ2n) is 4.15. The molecule has 0 bridgehead atoms. The predicted octanol–water partition coefficient (Wildman–Crippen LogP) is 2.15. The van der Waals surface area contributed by atoms with E-state index in [1.54, 1.807) is 0 Å². The molecule has 96 valence electrons. The van der Waals surface area contributed by atoms with E-state index >= 15 is 0 Å². The Morgan fingerprint density at radius 2 is 1.94 bits per heavy atom. The van der Waals surface area contributed by atoms with Gasteiger partial charge in [-0.15, -0.1) is 0 Å². The van der Waals surface area contributed by atoms with E-state index in [9.17, 15) is 0 Å². The van der Waals surface area contributed by atoms with E-state index in [1.807, 2.05) is 32.9 Å². The third kappa shape index (κ3) is 2.43. The molecule has 2 rings (SSSR count). The smallest absolute Gasteiger partial charge is 0.148 e. The highest BCUT2D eigenvalue weighted by molar-refractivity contribution is 5.56. The van der Waals surface area contributed by atoms with E-state index in [-0.39, 0.29) is 6.04 Å². The Hall–Kier alpha value is -2.08. The first-order valence-corrected chi connectivity index (χ1v) is 5.73. The topological polar surface area (TPSA) is 89.0 Å². The van der Waals surface area contributed by atoms with E-state index in [4.69, 9.17) is 10.3 Å². The monoisotopic (exact) mass is 247 g/mol. The molecule has 1 unspecified atom stereocenters. The minimum atomic E-state index is 0.0259. The Morgan fingerprint density at radius 1 is 1.22 bits per heavy atom. The van der Waals surface area contributed by atoms with Crippen LogP contribution in [-0.2, 0) is 0 Å². The number of nitrogen functional groups attached to an aromatic ring is 1. The van der Waals surface area contributed by atoms with Gasteiger partial charge >= 0.3 is 0 Å². The van der Waals surface area contributed by atoms with Gasteiger partial charge in [0.25, 0.3) is 0 Å². The van der Waals surface area contributed by atoms with Gasteiger partial charge in [-0.05, 0) is 32.9 Å². The number of aromatic nitrogens is 2. The SMILES string of the molecule is Cc1ccc(C(C)Nc2ncnc(NN)c2C)o1. The molecule has 0 spiro atoms. The van der Waals surface area contributed by atoms with Crippen molar-refractivity contribution < 1.29 is 4.42 Å². The molecule has 2 aromatic heterocycles. The molecule has 6 nitrogen and oxygen atoms in total. The van der Waals surface area contributed by atoms with Crippen LogP contribution in [0, 0.1) is 13.8 Å². The van der Waals surface area contributed by atoms with Gasteiger partial charge in [-0.25, -0.2) is 15.8 Å². The highest BCUT2D eigenvalue weighted by atomic mass is 16.3. The number of furan rings is 1. The summed E-state index contributed by atoms with van der Waals surface area (Å²) in [5.41, 5.74) is 3.41. The Labute approximate surface area is 106 Å². The molecule has 0 aliphatic heterocycles. The highest BCUT2D eigenvalue weighted by Gasteiger charge is 2.13. The maximum Gasteiger partial charge on any atom is 0.148 e. The van der Waals surface area contributed by atoms with Crippen molar-refractivity contribution in [3.8, 4) is 0 Å². The fraction of sp³-hybridized carbons (Fsp3) is 0.333. The lowest BCUT2D eigenvalue weighted by atomic mass is 10.2. The minimum absolute atomic E-state index is 0.0259. The molecule has 2 aromatic rings. The fourth-order valence-electron chi connectivity index (χ4n) is 1.70. The third-order valence-electron chi connectivity index (χ3n) is 2.76. The van der Waals surface area contributed by atoms with Crippen LogP contribution in [0.25, 0.3) is 0 Å². The summed E-state index contributed by atoms with van der Waals surface area (Å²) in [6, 6.07) is 3.91. The molecule has 0 amide bonds. The standard InChI is InChI=1S/C12H17N5O/c1-7-4-5-10(18-7)9(3)16-11-8(2)12(17-13)15-6-14-11/h4-6,9H,13H2,1-3H3,(H2,14,15,16,17). The average molecular weight is 247 g/mol. The lowest BCUT2D eigenvalue weighted by Gasteiger charge is -2.15. The summed E-state index contributed by atoms with van der Waals surface area (Å²) in [7, 11) is 0. The molecular weight excluding hydrogens is 230 g/mol. The van der Waals surface area contributed by atoms with Crippen LogP contribution >= 0.6 is 0 Å². The predicted molar refractivity (Wildman–Crippen MR) is 70.1 cm³/mol. The van der Waals surface area contributed by atoms with Crippen LogP contribution in [0.1, 0.15) is 30.0 Å². The second-order valence-corrected chi connectivity index (χ2v) is 4.15. The maximum atomic E-state index is 5.57. The minimum Gasteiger partial charge on any atom is -0.464 e. The van der Waals surface area contributed by atoms with Gasteiger partial charge in [0, 0.05) is 5.56 Å². The van der Waals surface area contributed by atoms with Crippen molar-refractivity contribution in [2.75, 3.05) is 10.7 Å². The quantitative estimate of drug-likeness (QED) is 0.566. The number of nitrogens with one attached hydrogen (secondary N) is 2. The first-order valence-electron chi connectivity index (χ1n) is 5.73. The van der Waals surface area contributed by atoms with Gasteiger partial charge in [-0.2, -0.15) is 0 Å². The third-order valence-corrected chi connectivity index (χ3v) is 2.76. The molecule has 0 saturated carbocycles. The van der Waals surface area contributed by atoms with Crippen molar-refractivity contribution in [1.29, 1.82) is 0 Å². The van der Waals surface area contributed by atoms with Crippen molar-refractivity contribution >= 4 is 11.6 Å². The van der Waals surface area contributed by atoms with Gasteiger partial charge in [0.05, 0.1) is 6.04 Å². The Bertz CT molecular complexity index is 537. The maximum absolute atomic E-state index is 5.57. The van der Waals surface area contributed by atoms with E-state index in [2.05, 4.69) is 20.7 Å². The average Bonchev–Trinajstić information content (AvgIpc) is 2.78. The number of aryl methyl sites for hydroxylation is 1. The number of hydrogen-bond donors (Lipinski definition) is 3. The Balaban J connectivity index is 2.19. The lowest BCUT2D eigenvalue weighted by Crippen LogP contribution is -2.14. The van der Waals surface area contributed by atoms with E-state index in [0.717, 1.165) is 22.9 Å². The van der Waals surface area contributed by atoms with Gasteiger partial charge in [-0.1, -0.05) is 0 Å². The van der Waals surface area contributed by atoms with Crippen molar-refractivity contribution in [3.05, 3.63) is 35.5 Å². The number of anilines is 2. The number of nitrogens with zero attached hydrogens (tertiary/aromatic N) is 2. The fourth-order valence-corrected chi connectivity index (χ4v) is 1.70. The molecule has 0 aliphatic carbocycles. The molecular formula is C12H17N5O. The zero-order valence-corrected chi connectivity index (χ0v) is 10.7. The second kappa shape index (κ2) is 5.05. The van der Waals surface area contributed by atoms with Gasteiger partial charge in [0.1, 0.15) is 29.5 Å². The molecule has 6 heteroatoms. The summed E-state index contributed by atoms with van der Waals surface area (Å²) in [6.45, 7) is 5.83. The van der Waals surface area contributed by atoms with Gasteiger partial charge in [0.15, 0.2) is 0 Å². The van der Waals surface area contributed by atoms with E-state index in [1.165, 1.54) is 6.33 Å². The van der Waals surface area contributed by atoms with Crippen LogP contribution in [0.15, 0.2) is 22.9 Å². The lowest BCUT2D eigenvalue weighted by molar-refractivity contribution is 0.466. The summed E-state index contributed by atoms with van der Waals surface area (Å²) >= 11 is 0. The molecule has 4 N–H and O–H groups in total. The summed E-state index contributed by atoms with van der Waals surface area (Å²) in [5.74, 6) is 8.48. The van der Waals surface area contributed by atoms with Crippen molar-refractivity contribution in [1.82, 2.24) is 9.97 Å². The molecule has 0 aliphatic rings. The molecule has 18 heavy (non-hydrogen) atoms. The first kappa shape index (κ1) is 12.4. The summed E-state index contributed by atoms with van der Waals surface area (Å²) in [4.78, 5) is 8.23. The molecule has 2 heterocycles. The van der Waals surface area contributed by atoms with Crippen LogP contribution < -0.4 is 16.6 Å². The number of nitrogens with two attached hydrogens (primary N) is 1. The Kier molecular flexibility index (Phi) is 3.47. The van der Waals surface area contributed by atoms with Crippen molar-refractivity contribution in [2.45, 2.75) is 26.8 Å². The zero-order valence-electron chi connectivity index (χ0n) is 10.7. The van der Waals surface area contributed by atoms with Gasteiger partial charge in [0.2, 0.25) is 0 Å². The number of hydrazine groups is 1. The summed E-state index contributed by atoms with van der Waals surface area (Å²) in [5, 5.41) is 3.27. The van der Waals surface area contributed by atoms with Crippen molar-refractivity contribution in [2.24, 2.45) is 5.84 Å².